The highest BCUT2D eigenvalue weighted by Crippen LogP contribution is 2.28. The lowest BCUT2D eigenvalue weighted by molar-refractivity contribution is 0.601. The van der Waals surface area contributed by atoms with Gasteiger partial charge in [0.1, 0.15) is 0 Å². The van der Waals surface area contributed by atoms with Gasteiger partial charge in [-0.25, -0.2) is 13.4 Å². The quantitative estimate of drug-likeness (QED) is 0.633. The van der Waals surface area contributed by atoms with E-state index in [0.29, 0.717) is 16.1 Å². The van der Waals surface area contributed by atoms with Crippen molar-refractivity contribution in [2.75, 3.05) is 4.72 Å². The molecule has 7 heteroatoms. The van der Waals surface area contributed by atoms with E-state index >= 15 is 0 Å². The first kappa shape index (κ1) is 17.9. The highest BCUT2D eigenvalue weighted by molar-refractivity contribution is 7.93. The average molecular weight is 393 g/mol. The molecule has 0 aliphatic rings. The van der Waals surface area contributed by atoms with E-state index in [1.54, 1.807) is 12.1 Å². The fourth-order valence-corrected chi connectivity index (χ4v) is 4.57. The molecule has 0 fully saturated rings. The summed E-state index contributed by atoms with van der Waals surface area (Å²) in [6, 6.07) is 14.3. The topological polar surface area (TPSA) is 59.1 Å². The maximum absolute atomic E-state index is 12.4. The Bertz CT molecular complexity index is 980. The molecule has 4 nitrogen and oxygen atoms in total. The molecule has 0 aliphatic carbocycles. The van der Waals surface area contributed by atoms with E-state index in [1.807, 2.05) is 17.5 Å². The number of benzene rings is 2. The Morgan fingerprint density at radius 3 is 2.48 bits per heavy atom. The van der Waals surface area contributed by atoms with Gasteiger partial charge in [0.15, 0.2) is 5.13 Å². The highest BCUT2D eigenvalue weighted by Gasteiger charge is 2.17. The normalized spacial score (nSPS) is 11.7. The number of nitrogens with one attached hydrogen (secondary N) is 1. The van der Waals surface area contributed by atoms with E-state index < -0.39 is 10.0 Å². The number of hydrogen-bond acceptors (Lipinski definition) is 4. The zero-order valence-corrected chi connectivity index (χ0v) is 16.1. The third-order valence-electron chi connectivity index (χ3n) is 3.71. The number of halogens is 1. The van der Waals surface area contributed by atoms with Crippen molar-refractivity contribution in [2.24, 2.45) is 0 Å². The molecule has 3 aromatic rings. The van der Waals surface area contributed by atoms with Crippen LogP contribution >= 0.6 is 22.9 Å². The van der Waals surface area contributed by atoms with E-state index in [-0.39, 0.29) is 4.90 Å². The van der Waals surface area contributed by atoms with E-state index in [2.05, 4.69) is 35.7 Å². The molecule has 0 spiro atoms. The summed E-state index contributed by atoms with van der Waals surface area (Å²) in [5.41, 5.74) is 2.94. The van der Waals surface area contributed by atoms with Crippen LogP contribution in [-0.4, -0.2) is 13.4 Å². The van der Waals surface area contributed by atoms with Crippen LogP contribution < -0.4 is 4.72 Å². The number of aromatic nitrogens is 1. The summed E-state index contributed by atoms with van der Waals surface area (Å²) < 4.78 is 27.3. The number of thiazole rings is 1. The van der Waals surface area contributed by atoms with Crippen molar-refractivity contribution >= 4 is 38.1 Å². The van der Waals surface area contributed by atoms with Gasteiger partial charge < -0.3 is 0 Å². The maximum Gasteiger partial charge on any atom is 0.263 e. The summed E-state index contributed by atoms with van der Waals surface area (Å²) in [6.45, 7) is 4.28. The first-order valence-electron chi connectivity index (χ1n) is 7.69. The molecule has 0 saturated heterocycles. The van der Waals surface area contributed by atoms with Crippen molar-refractivity contribution in [3.63, 3.8) is 0 Å². The second-order valence-electron chi connectivity index (χ2n) is 5.88. The Morgan fingerprint density at radius 1 is 1.12 bits per heavy atom. The molecular formula is C18H17ClN2O2S2. The smallest absolute Gasteiger partial charge is 0.255 e. The SMILES string of the molecule is CC(C)c1ccc(-c2csc(NS(=O)(=O)c3cccc(Cl)c3)n2)cc1. The molecule has 0 saturated carbocycles. The first-order chi connectivity index (χ1) is 11.8. The van der Waals surface area contributed by atoms with Gasteiger partial charge in [0.05, 0.1) is 10.6 Å². The Morgan fingerprint density at radius 2 is 1.84 bits per heavy atom. The minimum absolute atomic E-state index is 0.109. The maximum atomic E-state index is 12.4. The molecule has 1 N–H and O–H groups in total. The van der Waals surface area contributed by atoms with Gasteiger partial charge in [-0.2, -0.15) is 0 Å². The number of rotatable bonds is 5. The molecule has 25 heavy (non-hydrogen) atoms. The summed E-state index contributed by atoms with van der Waals surface area (Å²) >= 11 is 7.11. The van der Waals surface area contributed by atoms with Crippen molar-refractivity contribution in [3.8, 4) is 11.3 Å². The number of hydrogen-bond donors (Lipinski definition) is 1. The molecular weight excluding hydrogens is 376 g/mol. The minimum atomic E-state index is -3.71. The Kier molecular flexibility index (Phi) is 5.13. The molecule has 0 bridgehead atoms. The Labute approximate surface area is 156 Å². The van der Waals surface area contributed by atoms with Crippen LogP contribution in [-0.2, 0) is 10.0 Å². The van der Waals surface area contributed by atoms with Gasteiger partial charge in [-0.1, -0.05) is 55.8 Å². The van der Waals surface area contributed by atoms with Gasteiger partial charge in [-0.05, 0) is 29.7 Å². The van der Waals surface area contributed by atoms with Crippen LogP contribution in [0.3, 0.4) is 0 Å². The monoisotopic (exact) mass is 392 g/mol. The second kappa shape index (κ2) is 7.15. The van der Waals surface area contributed by atoms with Crippen molar-refractivity contribution in [1.29, 1.82) is 0 Å². The van der Waals surface area contributed by atoms with Gasteiger partial charge in [0, 0.05) is 16.0 Å². The van der Waals surface area contributed by atoms with Gasteiger partial charge in [-0.3, -0.25) is 4.72 Å². The van der Waals surface area contributed by atoms with E-state index in [9.17, 15) is 8.42 Å². The molecule has 1 aromatic heterocycles. The van der Waals surface area contributed by atoms with Crippen molar-refractivity contribution < 1.29 is 8.42 Å². The van der Waals surface area contributed by atoms with Gasteiger partial charge in [0.25, 0.3) is 10.0 Å². The standard InChI is InChI=1S/C18H17ClN2O2S2/c1-12(2)13-6-8-14(9-7-13)17-11-24-18(20-17)21-25(22,23)16-5-3-4-15(19)10-16/h3-12H,1-2H3,(H,20,21). The number of nitrogens with zero attached hydrogens (tertiary/aromatic N) is 1. The molecule has 1 heterocycles. The van der Waals surface area contributed by atoms with Crippen molar-refractivity contribution in [3.05, 3.63) is 64.5 Å². The van der Waals surface area contributed by atoms with Crippen LogP contribution in [0.5, 0.6) is 0 Å². The van der Waals surface area contributed by atoms with Crippen LogP contribution in [0.1, 0.15) is 25.3 Å². The molecule has 3 rings (SSSR count). The minimum Gasteiger partial charge on any atom is -0.255 e. The summed E-state index contributed by atoms with van der Waals surface area (Å²) in [6.07, 6.45) is 0. The van der Waals surface area contributed by atoms with Crippen LogP contribution in [0.25, 0.3) is 11.3 Å². The summed E-state index contributed by atoms with van der Waals surface area (Å²) in [5, 5.41) is 2.52. The third kappa shape index (κ3) is 4.21. The molecule has 0 unspecified atom stereocenters. The van der Waals surface area contributed by atoms with Crippen LogP contribution in [0.15, 0.2) is 58.8 Å². The van der Waals surface area contributed by atoms with Crippen LogP contribution in [0, 0.1) is 0 Å². The zero-order chi connectivity index (χ0) is 18.0. The lowest BCUT2D eigenvalue weighted by atomic mass is 10.0. The van der Waals surface area contributed by atoms with Crippen LogP contribution in [0.4, 0.5) is 5.13 Å². The summed E-state index contributed by atoms with van der Waals surface area (Å²) in [7, 11) is -3.71. The predicted molar refractivity (Wildman–Crippen MR) is 104 cm³/mol. The fourth-order valence-electron chi connectivity index (χ4n) is 2.30. The zero-order valence-electron chi connectivity index (χ0n) is 13.7. The van der Waals surface area contributed by atoms with E-state index in [0.717, 1.165) is 11.3 Å². The average Bonchev–Trinajstić information content (AvgIpc) is 3.02. The van der Waals surface area contributed by atoms with Crippen LogP contribution in [0.2, 0.25) is 5.02 Å². The summed E-state index contributed by atoms with van der Waals surface area (Å²) in [4.78, 5) is 4.49. The summed E-state index contributed by atoms with van der Waals surface area (Å²) in [5.74, 6) is 0.463. The second-order valence-corrected chi connectivity index (χ2v) is 8.85. The van der Waals surface area contributed by atoms with Gasteiger partial charge in [0.2, 0.25) is 0 Å². The molecule has 0 atom stereocenters. The van der Waals surface area contributed by atoms with Gasteiger partial charge in [-0.15, -0.1) is 11.3 Å². The highest BCUT2D eigenvalue weighted by atomic mass is 35.5. The largest absolute Gasteiger partial charge is 0.263 e. The predicted octanol–water partition coefficient (Wildman–Crippen LogP) is 5.39. The van der Waals surface area contributed by atoms with E-state index in [4.69, 9.17) is 11.6 Å². The first-order valence-corrected chi connectivity index (χ1v) is 10.4. The lowest BCUT2D eigenvalue weighted by Crippen LogP contribution is -2.12. The van der Waals surface area contributed by atoms with Gasteiger partial charge >= 0.3 is 0 Å². The number of anilines is 1. The molecule has 0 amide bonds. The molecule has 0 aliphatic heterocycles. The number of sulfonamides is 1. The third-order valence-corrected chi connectivity index (χ3v) is 6.16. The van der Waals surface area contributed by atoms with Crippen molar-refractivity contribution in [1.82, 2.24) is 4.98 Å². The fraction of sp³-hybridized carbons (Fsp3) is 0.167. The van der Waals surface area contributed by atoms with E-state index in [1.165, 1.54) is 29.0 Å². The lowest BCUT2D eigenvalue weighted by Gasteiger charge is -2.06. The van der Waals surface area contributed by atoms with Crippen molar-refractivity contribution in [2.45, 2.75) is 24.7 Å². The molecule has 130 valence electrons. The Balaban J connectivity index is 1.82. The Hall–Kier alpha value is -1.89. The molecule has 2 aromatic carbocycles. The molecule has 0 radical (unpaired) electrons.